The smallest absolute Gasteiger partial charge is 0.410 e. The van der Waals surface area contributed by atoms with E-state index in [-0.39, 0.29) is 18.2 Å². The van der Waals surface area contributed by atoms with Crippen LogP contribution in [0.25, 0.3) is 0 Å². The first-order chi connectivity index (χ1) is 6.36. The molecule has 0 aromatic carbocycles. The molecule has 0 spiro atoms. The van der Waals surface area contributed by atoms with E-state index in [0.29, 0.717) is 12.5 Å². The van der Waals surface area contributed by atoms with Crippen LogP contribution in [0.4, 0.5) is 4.79 Å². The molecule has 3 atom stereocenters. The van der Waals surface area contributed by atoms with Gasteiger partial charge in [0.1, 0.15) is 6.61 Å². The third-order valence-electron chi connectivity index (χ3n) is 3.19. The predicted octanol–water partition coefficient (Wildman–Crippen LogP) is -0.270. The number of rotatable bonds is 0. The fraction of sp³-hybridized carbons (Fsp3) is 0.875. The molecule has 13 heavy (non-hydrogen) atoms. The molecule has 0 radical (unpaired) electrons. The number of carbonyl (C=O) groups is 1. The fourth-order valence-corrected chi connectivity index (χ4v) is 2.43. The largest absolute Gasteiger partial charge is 0.447 e. The van der Waals surface area contributed by atoms with Crippen LogP contribution in [0, 0.1) is 5.92 Å². The Bertz CT molecular complexity index is 246. The lowest BCUT2D eigenvalue weighted by molar-refractivity contribution is 0.0742. The highest BCUT2D eigenvalue weighted by molar-refractivity contribution is 5.70. The molecule has 3 aliphatic heterocycles. The van der Waals surface area contributed by atoms with Gasteiger partial charge in [-0.1, -0.05) is 0 Å². The van der Waals surface area contributed by atoms with Crippen LogP contribution in [0.1, 0.15) is 6.42 Å². The number of hydroxylamine groups is 1. The van der Waals surface area contributed by atoms with Gasteiger partial charge in [-0.2, -0.15) is 5.48 Å². The third-order valence-corrected chi connectivity index (χ3v) is 3.19. The first-order valence-electron chi connectivity index (χ1n) is 4.67. The van der Waals surface area contributed by atoms with Gasteiger partial charge in [0.2, 0.25) is 0 Å². The number of piperidine rings is 1. The van der Waals surface area contributed by atoms with Crippen LogP contribution >= 0.6 is 0 Å². The molecule has 1 amide bonds. The summed E-state index contributed by atoms with van der Waals surface area (Å²) in [5.41, 5.74) is 2.98. The van der Waals surface area contributed by atoms with Gasteiger partial charge < -0.3 is 14.5 Å². The SMILES string of the molecule is O=C1OC[C@H]2[C@@H]3NOC[C@@H]3CCN12. The van der Waals surface area contributed by atoms with Crippen molar-refractivity contribution in [1.29, 1.82) is 0 Å². The number of amides is 1. The summed E-state index contributed by atoms with van der Waals surface area (Å²) in [5, 5.41) is 0. The second kappa shape index (κ2) is 2.59. The topological polar surface area (TPSA) is 50.8 Å². The van der Waals surface area contributed by atoms with Gasteiger partial charge in [0.05, 0.1) is 18.7 Å². The number of cyclic esters (lactones) is 1. The van der Waals surface area contributed by atoms with E-state index in [2.05, 4.69) is 5.48 Å². The molecule has 5 nitrogen and oxygen atoms in total. The van der Waals surface area contributed by atoms with Gasteiger partial charge in [-0.25, -0.2) is 4.79 Å². The van der Waals surface area contributed by atoms with Gasteiger partial charge in [-0.3, -0.25) is 0 Å². The van der Waals surface area contributed by atoms with Gasteiger partial charge in [-0.05, 0) is 6.42 Å². The molecular formula is C8H12N2O3. The normalized spacial score (nSPS) is 42.9. The van der Waals surface area contributed by atoms with E-state index in [1.807, 2.05) is 4.90 Å². The first kappa shape index (κ1) is 7.58. The lowest BCUT2D eigenvalue weighted by atomic mass is 9.88. The number of nitrogens with zero attached hydrogens (tertiary/aromatic N) is 1. The molecular weight excluding hydrogens is 172 g/mol. The molecule has 0 aromatic heterocycles. The minimum absolute atomic E-state index is 0.169. The Morgan fingerprint density at radius 1 is 1.46 bits per heavy atom. The van der Waals surface area contributed by atoms with Gasteiger partial charge in [-0.15, -0.1) is 0 Å². The highest BCUT2D eigenvalue weighted by Crippen LogP contribution is 2.30. The highest BCUT2D eigenvalue weighted by Gasteiger charge is 2.47. The zero-order chi connectivity index (χ0) is 8.84. The first-order valence-corrected chi connectivity index (χ1v) is 4.67. The van der Waals surface area contributed by atoms with Gasteiger partial charge >= 0.3 is 6.09 Å². The van der Waals surface area contributed by atoms with E-state index in [9.17, 15) is 4.79 Å². The number of carbonyl (C=O) groups excluding carboxylic acids is 1. The minimum atomic E-state index is -0.169. The van der Waals surface area contributed by atoms with E-state index < -0.39 is 0 Å². The average Bonchev–Trinajstić information content (AvgIpc) is 2.70. The molecule has 3 heterocycles. The van der Waals surface area contributed by atoms with Crippen molar-refractivity contribution in [1.82, 2.24) is 10.4 Å². The van der Waals surface area contributed by atoms with E-state index in [4.69, 9.17) is 9.57 Å². The second-order valence-electron chi connectivity index (χ2n) is 3.84. The van der Waals surface area contributed by atoms with Crippen LogP contribution in [-0.4, -0.2) is 42.8 Å². The zero-order valence-corrected chi connectivity index (χ0v) is 7.23. The van der Waals surface area contributed by atoms with Crippen LogP contribution < -0.4 is 5.48 Å². The maximum absolute atomic E-state index is 11.2. The summed E-state index contributed by atoms with van der Waals surface area (Å²) in [7, 11) is 0. The Morgan fingerprint density at radius 2 is 2.38 bits per heavy atom. The summed E-state index contributed by atoms with van der Waals surface area (Å²) in [5.74, 6) is 0.552. The summed E-state index contributed by atoms with van der Waals surface area (Å²) in [6.07, 6.45) is 0.848. The number of nitrogens with one attached hydrogen (secondary N) is 1. The lowest BCUT2D eigenvalue weighted by Gasteiger charge is -2.34. The Labute approximate surface area is 75.9 Å². The molecule has 3 rings (SSSR count). The fourth-order valence-electron chi connectivity index (χ4n) is 2.43. The average molecular weight is 184 g/mol. The molecule has 0 unspecified atom stereocenters. The Balaban J connectivity index is 1.84. The van der Waals surface area contributed by atoms with Gasteiger partial charge in [0, 0.05) is 12.5 Å². The van der Waals surface area contributed by atoms with E-state index in [1.165, 1.54) is 0 Å². The predicted molar refractivity (Wildman–Crippen MR) is 42.8 cm³/mol. The monoisotopic (exact) mass is 184 g/mol. The zero-order valence-electron chi connectivity index (χ0n) is 7.23. The molecule has 1 N–H and O–H groups in total. The van der Waals surface area contributed by atoms with E-state index >= 15 is 0 Å². The summed E-state index contributed by atoms with van der Waals surface area (Å²) < 4.78 is 5.00. The molecule has 3 aliphatic rings. The number of hydrogen-bond acceptors (Lipinski definition) is 4. The van der Waals surface area contributed by atoms with E-state index in [0.717, 1.165) is 19.6 Å². The molecule has 3 fully saturated rings. The molecule has 0 bridgehead atoms. The van der Waals surface area contributed by atoms with Crippen LogP contribution in [0.2, 0.25) is 0 Å². The molecule has 3 saturated heterocycles. The Morgan fingerprint density at radius 3 is 3.31 bits per heavy atom. The van der Waals surface area contributed by atoms with Crippen molar-refractivity contribution in [3.8, 4) is 0 Å². The Hall–Kier alpha value is -0.810. The van der Waals surface area contributed by atoms with Crippen molar-refractivity contribution in [3.05, 3.63) is 0 Å². The van der Waals surface area contributed by atoms with Crippen molar-refractivity contribution < 1.29 is 14.4 Å². The molecule has 0 aliphatic carbocycles. The standard InChI is InChI=1S/C8H12N2O3/c11-8-10-2-1-5-3-13-9-7(5)6(10)4-12-8/h5-7,9H,1-4H2/t5-,6-,7+/m0/s1. The van der Waals surface area contributed by atoms with Crippen LogP contribution in [0.5, 0.6) is 0 Å². The maximum atomic E-state index is 11.2. The summed E-state index contributed by atoms with van der Waals surface area (Å²) >= 11 is 0. The molecule has 0 saturated carbocycles. The van der Waals surface area contributed by atoms with Crippen molar-refractivity contribution in [3.63, 3.8) is 0 Å². The number of fused-ring (bicyclic) bond motifs is 3. The molecule has 5 heteroatoms. The lowest BCUT2D eigenvalue weighted by Crippen LogP contribution is -2.53. The van der Waals surface area contributed by atoms with Crippen molar-refractivity contribution in [2.24, 2.45) is 5.92 Å². The minimum Gasteiger partial charge on any atom is -0.447 e. The van der Waals surface area contributed by atoms with Crippen LogP contribution in [0.15, 0.2) is 0 Å². The molecule has 72 valence electrons. The van der Waals surface area contributed by atoms with E-state index in [1.54, 1.807) is 0 Å². The number of ether oxygens (including phenoxy) is 1. The molecule has 0 aromatic rings. The summed E-state index contributed by atoms with van der Waals surface area (Å²) in [6.45, 7) is 2.09. The van der Waals surface area contributed by atoms with Gasteiger partial charge in [0.15, 0.2) is 0 Å². The highest BCUT2D eigenvalue weighted by atomic mass is 16.7. The van der Waals surface area contributed by atoms with Crippen molar-refractivity contribution >= 4 is 6.09 Å². The summed E-state index contributed by atoms with van der Waals surface area (Å²) in [6, 6.07) is 0.467. The van der Waals surface area contributed by atoms with Crippen molar-refractivity contribution in [2.75, 3.05) is 19.8 Å². The summed E-state index contributed by atoms with van der Waals surface area (Å²) in [4.78, 5) is 18.2. The van der Waals surface area contributed by atoms with Crippen LogP contribution in [-0.2, 0) is 9.57 Å². The maximum Gasteiger partial charge on any atom is 0.410 e. The number of hydrogen-bond donors (Lipinski definition) is 1. The Kier molecular flexibility index (Phi) is 1.51. The van der Waals surface area contributed by atoms with Crippen molar-refractivity contribution in [2.45, 2.75) is 18.5 Å². The second-order valence-corrected chi connectivity index (χ2v) is 3.84. The van der Waals surface area contributed by atoms with Gasteiger partial charge in [0.25, 0.3) is 0 Å². The quantitative estimate of drug-likeness (QED) is 0.563. The third kappa shape index (κ3) is 0.971. The van der Waals surface area contributed by atoms with Crippen LogP contribution in [0.3, 0.4) is 0 Å².